The van der Waals surface area contributed by atoms with Gasteiger partial charge in [0, 0.05) is 19.6 Å². The lowest BCUT2D eigenvalue weighted by molar-refractivity contribution is 0.0960. The Morgan fingerprint density at radius 1 is 1.00 bits per heavy atom. The highest BCUT2D eigenvalue weighted by Crippen LogP contribution is 2.43. The van der Waals surface area contributed by atoms with E-state index >= 15 is 0 Å². The maximum atomic E-state index is 14.9. The van der Waals surface area contributed by atoms with Gasteiger partial charge in [-0.15, -0.1) is 0 Å². The Bertz CT molecular complexity index is 1170. The van der Waals surface area contributed by atoms with Crippen LogP contribution in [0.1, 0.15) is 65.9 Å². The molecule has 1 amide bonds. The van der Waals surface area contributed by atoms with Crippen LogP contribution in [-0.2, 0) is 16.6 Å². The number of halogens is 2. The van der Waals surface area contributed by atoms with Crippen LogP contribution in [0.2, 0.25) is 0 Å². The number of carbonyl (C=O) groups is 1. The standard InChI is InChI=1S/C25H28F2N2O4S/c26-18-3-5-19(6-4-18)33-20-9-11-29(12-10-20)15-17-13-24(27)23(14-22(17)16-1-2-16)25(30)28-34(31,32)21-7-8-21/h3-6,13-14,16,20-21H,1-2,7-12,15H2,(H,28,30). The largest absolute Gasteiger partial charge is 0.490 e. The smallest absolute Gasteiger partial charge is 0.267 e. The number of hydrogen-bond donors (Lipinski definition) is 1. The van der Waals surface area contributed by atoms with Crippen LogP contribution in [-0.4, -0.2) is 43.7 Å². The Hall–Kier alpha value is -2.52. The molecule has 34 heavy (non-hydrogen) atoms. The second kappa shape index (κ2) is 9.26. The van der Waals surface area contributed by atoms with Crippen molar-refractivity contribution in [1.29, 1.82) is 0 Å². The normalized spacial score (nSPS) is 19.7. The van der Waals surface area contributed by atoms with Gasteiger partial charge in [0.05, 0.1) is 10.8 Å². The van der Waals surface area contributed by atoms with Crippen LogP contribution < -0.4 is 9.46 Å². The van der Waals surface area contributed by atoms with Crippen molar-refractivity contribution in [3.8, 4) is 5.75 Å². The van der Waals surface area contributed by atoms with Crippen LogP contribution in [0.3, 0.4) is 0 Å². The molecular formula is C25H28F2N2O4S. The summed E-state index contributed by atoms with van der Waals surface area (Å²) in [5.41, 5.74) is 1.57. The van der Waals surface area contributed by atoms with Gasteiger partial charge >= 0.3 is 0 Å². The lowest BCUT2D eigenvalue weighted by Crippen LogP contribution is -2.38. The van der Waals surface area contributed by atoms with E-state index in [1.807, 2.05) is 4.72 Å². The minimum absolute atomic E-state index is 0.0424. The molecule has 0 unspecified atom stereocenters. The van der Waals surface area contributed by atoms with Crippen molar-refractivity contribution in [3.05, 3.63) is 64.7 Å². The van der Waals surface area contributed by atoms with Crippen LogP contribution in [0, 0.1) is 11.6 Å². The van der Waals surface area contributed by atoms with Gasteiger partial charge in [-0.1, -0.05) is 0 Å². The Labute approximate surface area is 198 Å². The fourth-order valence-corrected chi connectivity index (χ4v) is 5.79. The molecule has 0 spiro atoms. The fourth-order valence-electron chi connectivity index (χ4n) is 4.49. The number of benzene rings is 2. The molecule has 1 aliphatic heterocycles. The molecule has 0 bridgehead atoms. The molecule has 3 aliphatic rings. The molecule has 5 rings (SSSR count). The quantitative estimate of drug-likeness (QED) is 0.603. The van der Waals surface area contributed by atoms with Crippen molar-refractivity contribution in [2.75, 3.05) is 13.1 Å². The topological polar surface area (TPSA) is 75.7 Å². The van der Waals surface area contributed by atoms with Crippen LogP contribution in [0.25, 0.3) is 0 Å². The third-order valence-corrected chi connectivity index (χ3v) is 8.55. The maximum Gasteiger partial charge on any atom is 0.267 e. The molecule has 9 heteroatoms. The highest BCUT2D eigenvalue weighted by molar-refractivity contribution is 7.91. The second-order valence-corrected chi connectivity index (χ2v) is 11.5. The summed E-state index contributed by atoms with van der Waals surface area (Å²) in [5, 5.41) is -0.545. The van der Waals surface area contributed by atoms with E-state index in [9.17, 15) is 22.0 Å². The number of amides is 1. The molecule has 2 aromatic carbocycles. The number of sulfonamides is 1. The average molecular weight is 491 g/mol. The first-order valence-electron chi connectivity index (χ1n) is 11.8. The van der Waals surface area contributed by atoms with Crippen LogP contribution >= 0.6 is 0 Å². The number of nitrogens with zero attached hydrogens (tertiary/aromatic N) is 1. The minimum Gasteiger partial charge on any atom is -0.490 e. The molecule has 1 heterocycles. The summed E-state index contributed by atoms with van der Waals surface area (Å²) in [4.78, 5) is 14.8. The van der Waals surface area contributed by atoms with Crippen molar-refractivity contribution in [3.63, 3.8) is 0 Å². The molecule has 1 saturated heterocycles. The first-order chi connectivity index (χ1) is 16.3. The van der Waals surface area contributed by atoms with Gasteiger partial charge in [0.2, 0.25) is 10.0 Å². The molecule has 0 atom stereocenters. The van der Waals surface area contributed by atoms with Crippen molar-refractivity contribution in [2.24, 2.45) is 0 Å². The molecule has 2 saturated carbocycles. The average Bonchev–Trinajstić information content (AvgIpc) is 3.69. The van der Waals surface area contributed by atoms with Crippen LogP contribution in [0.5, 0.6) is 5.75 Å². The van der Waals surface area contributed by atoms with E-state index in [0.29, 0.717) is 25.1 Å². The summed E-state index contributed by atoms with van der Waals surface area (Å²) < 4.78 is 60.2. The summed E-state index contributed by atoms with van der Waals surface area (Å²) >= 11 is 0. The fraction of sp³-hybridized carbons (Fsp3) is 0.480. The lowest BCUT2D eigenvalue weighted by atomic mass is 9.97. The highest BCUT2D eigenvalue weighted by atomic mass is 32.2. The Morgan fingerprint density at radius 2 is 1.68 bits per heavy atom. The molecule has 0 aromatic heterocycles. The lowest BCUT2D eigenvalue weighted by Gasteiger charge is -2.32. The van der Waals surface area contributed by atoms with Crippen molar-refractivity contribution in [2.45, 2.75) is 62.3 Å². The van der Waals surface area contributed by atoms with Gasteiger partial charge in [0.25, 0.3) is 5.91 Å². The maximum absolute atomic E-state index is 14.9. The van der Waals surface area contributed by atoms with E-state index in [0.717, 1.165) is 49.9 Å². The van der Waals surface area contributed by atoms with Crippen LogP contribution in [0.4, 0.5) is 8.78 Å². The van der Waals surface area contributed by atoms with E-state index < -0.39 is 27.0 Å². The van der Waals surface area contributed by atoms with E-state index in [2.05, 4.69) is 4.90 Å². The molecule has 6 nitrogen and oxygen atoms in total. The summed E-state index contributed by atoms with van der Waals surface area (Å²) in [5.74, 6) is -0.958. The molecule has 2 aliphatic carbocycles. The van der Waals surface area contributed by atoms with E-state index in [4.69, 9.17) is 4.74 Å². The predicted octanol–water partition coefficient (Wildman–Crippen LogP) is 4.11. The third-order valence-electron chi connectivity index (χ3n) is 6.73. The van der Waals surface area contributed by atoms with E-state index in [1.54, 1.807) is 18.2 Å². The van der Waals surface area contributed by atoms with Gasteiger partial charge in [-0.05, 0) is 92.0 Å². The number of carbonyl (C=O) groups excluding carboxylic acids is 1. The number of piperidine rings is 1. The van der Waals surface area contributed by atoms with Gasteiger partial charge in [0.1, 0.15) is 23.5 Å². The molecular weight excluding hydrogens is 462 g/mol. The first-order valence-corrected chi connectivity index (χ1v) is 13.4. The van der Waals surface area contributed by atoms with E-state index in [1.165, 1.54) is 18.2 Å². The summed E-state index contributed by atoms with van der Waals surface area (Å²) in [7, 11) is -3.74. The summed E-state index contributed by atoms with van der Waals surface area (Å²) in [6.07, 6.45) is 4.67. The van der Waals surface area contributed by atoms with Crippen LogP contribution in [0.15, 0.2) is 36.4 Å². The van der Waals surface area contributed by atoms with Crippen molar-refractivity contribution >= 4 is 15.9 Å². The Balaban J connectivity index is 1.24. The molecule has 1 N–H and O–H groups in total. The van der Waals surface area contributed by atoms with E-state index in [-0.39, 0.29) is 23.4 Å². The Morgan fingerprint density at radius 3 is 2.29 bits per heavy atom. The monoisotopic (exact) mass is 490 g/mol. The van der Waals surface area contributed by atoms with Crippen molar-refractivity contribution < 1.29 is 26.7 Å². The van der Waals surface area contributed by atoms with Gasteiger partial charge < -0.3 is 4.74 Å². The SMILES string of the molecule is O=C(NS(=O)(=O)C1CC1)c1cc(C2CC2)c(CN2CCC(Oc3ccc(F)cc3)CC2)cc1F. The highest BCUT2D eigenvalue weighted by Gasteiger charge is 2.38. The molecule has 0 radical (unpaired) electrons. The van der Waals surface area contributed by atoms with Gasteiger partial charge in [0.15, 0.2) is 0 Å². The van der Waals surface area contributed by atoms with Gasteiger partial charge in [-0.2, -0.15) is 0 Å². The zero-order valence-electron chi connectivity index (χ0n) is 18.8. The minimum atomic E-state index is -3.74. The summed E-state index contributed by atoms with van der Waals surface area (Å²) in [6.45, 7) is 2.12. The Kier molecular flexibility index (Phi) is 6.33. The number of rotatable bonds is 8. The second-order valence-electron chi connectivity index (χ2n) is 9.53. The summed E-state index contributed by atoms with van der Waals surface area (Å²) in [6, 6.07) is 8.95. The number of nitrogens with one attached hydrogen (secondary N) is 1. The van der Waals surface area contributed by atoms with Gasteiger partial charge in [-0.25, -0.2) is 21.9 Å². The molecule has 3 fully saturated rings. The first kappa shape index (κ1) is 23.2. The van der Waals surface area contributed by atoms with Gasteiger partial charge in [-0.3, -0.25) is 9.69 Å². The van der Waals surface area contributed by atoms with Crippen molar-refractivity contribution in [1.82, 2.24) is 9.62 Å². The zero-order valence-corrected chi connectivity index (χ0v) is 19.6. The number of likely N-dealkylation sites (tertiary alicyclic amines) is 1. The predicted molar refractivity (Wildman–Crippen MR) is 123 cm³/mol. The number of ether oxygens (including phenoxy) is 1. The number of hydrogen-bond acceptors (Lipinski definition) is 5. The third kappa shape index (κ3) is 5.41. The molecule has 182 valence electrons. The zero-order chi connectivity index (χ0) is 23.9. The molecule has 2 aromatic rings.